The van der Waals surface area contributed by atoms with Crippen LogP contribution in [0.15, 0.2) is 66.7 Å². The standard InChI is InChI=1S/C23H17NO5S/c1-28-14-11-12-15(18(13-14)24(26)27)23-21(17-8-4-6-10-20(17)30-23)22(25)16-7-3-5-9-19(16)29-2/h3-13H,1-2H3. The average molecular weight is 419 g/mol. The van der Waals surface area contributed by atoms with E-state index in [-0.39, 0.29) is 11.5 Å². The number of methoxy groups -OCH3 is 2. The molecule has 4 aromatic rings. The zero-order chi connectivity index (χ0) is 21.3. The predicted molar refractivity (Wildman–Crippen MR) is 117 cm³/mol. The number of para-hydroxylation sites is 1. The van der Waals surface area contributed by atoms with Gasteiger partial charge in [0, 0.05) is 15.6 Å². The van der Waals surface area contributed by atoms with Crippen LogP contribution >= 0.6 is 11.3 Å². The Kier molecular flexibility index (Phi) is 5.20. The van der Waals surface area contributed by atoms with Crippen molar-refractivity contribution in [3.05, 3.63) is 88.0 Å². The van der Waals surface area contributed by atoms with Crippen molar-refractivity contribution in [2.45, 2.75) is 0 Å². The molecule has 0 spiro atoms. The summed E-state index contributed by atoms with van der Waals surface area (Å²) in [6.07, 6.45) is 0. The molecule has 0 saturated carbocycles. The van der Waals surface area contributed by atoms with Gasteiger partial charge in [-0.1, -0.05) is 30.3 Å². The van der Waals surface area contributed by atoms with Crippen molar-refractivity contribution in [3.8, 4) is 21.9 Å². The summed E-state index contributed by atoms with van der Waals surface area (Å²) in [5, 5.41) is 12.5. The summed E-state index contributed by atoms with van der Waals surface area (Å²) in [5.41, 5.74) is 1.09. The van der Waals surface area contributed by atoms with Gasteiger partial charge in [-0.25, -0.2) is 0 Å². The number of thiophene rings is 1. The molecular formula is C23H17NO5S. The molecule has 0 saturated heterocycles. The first kappa shape index (κ1) is 19.6. The van der Waals surface area contributed by atoms with E-state index in [0.717, 1.165) is 10.1 Å². The summed E-state index contributed by atoms with van der Waals surface area (Å²) in [7, 11) is 2.96. The fourth-order valence-electron chi connectivity index (χ4n) is 3.41. The van der Waals surface area contributed by atoms with E-state index in [4.69, 9.17) is 9.47 Å². The molecule has 6 nitrogen and oxygen atoms in total. The third-order valence-electron chi connectivity index (χ3n) is 4.82. The number of carbonyl (C=O) groups is 1. The van der Waals surface area contributed by atoms with Crippen LogP contribution in [-0.2, 0) is 0 Å². The van der Waals surface area contributed by atoms with Crippen molar-refractivity contribution in [1.82, 2.24) is 0 Å². The molecular weight excluding hydrogens is 402 g/mol. The summed E-state index contributed by atoms with van der Waals surface area (Å²) < 4.78 is 11.4. The summed E-state index contributed by atoms with van der Waals surface area (Å²) in [4.78, 5) is 25.5. The lowest BCUT2D eigenvalue weighted by Gasteiger charge is -2.10. The Balaban J connectivity index is 2.02. The van der Waals surface area contributed by atoms with Crippen LogP contribution in [0.25, 0.3) is 20.5 Å². The van der Waals surface area contributed by atoms with Gasteiger partial charge < -0.3 is 9.47 Å². The monoisotopic (exact) mass is 419 g/mol. The van der Waals surface area contributed by atoms with Crippen molar-refractivity contribution in [2.24, 2.45) is 0 Å². The smallest absolute Gasteiger partial charge is 0.281 e. The van der Waals surface area contributed by atoms with Gasteiger partial charge in [0.25, 0.3) is 5.69 Å². The Morgan fingerprint density at radius 1 is 0.967 bits per heavy atom. The van der Waals surface area contributed by atoms with Crippen molar-refractivity contribution >= 4 is 32.9 Å². The second-order valence-corrected chi connectivity index (χ2v) is 7.52. The lowest BCUT2D eigenvalue weighted by molar-refractivity contribution is -0.384. The lowest BCUT2D eigenvalue weighted by Crippen LogP contribution is -2.05. The number of fused-ring (bicyclic) bond motifs is 1. The number of benzene rings is 3. The van der Waals surface area contributed by atoms with Crippen molar-refractivity contribution in [2.75, 3.05) is 14.2 Å². The Morgan fingerprint density at radius 2 is 1.70 bits per heavy atom. The quantitative estimate of drug-likeness (QED) is 0.227. The minimum atomic E-state index is -0.459. The van der Waals surface area contributed by atoms with Crippen LogP contribution in [0, 0.1) is 10.1 Å². The topological polar surface area (TPSA) is 78.7 Å². The number of ketones is 1. The van der Waals surface area contributed by atoms with Gasteiger partial charge in [-0.15, -0.1) is 11.3 Å². The first-order valence-electron chi connectivity index (χ1n) is 9.07. The van der Waals surface area contributed by atoms with Crippen LogP contribution in [0.4, 0.5) is 5.69 Å². The molecule has 0 radical (unpaired) electrons. The van der Waals surface area contributed by atoms with Gasteiger partial charge >= 0.3 is 0 Å². The van der Waals surface area contributed by atoms with Crippen molar-refractivity contribution < 1.29 is 19.2 Å². The Hall–Kier alpha value is -3.71. The zero-order valence-electron chi connectivity index (χ0n) is 16.2. The van der Waals surface area contributed by atoms with Crippen LogP contribution in [0.2, 0.25) is 0 Å². The Bertz CT molecular complexity index is 1280. The van der Waals surface area contributed by atoms with E-state index in [0.29, 0.717) is 33.1 Å². The van der Waals surface area contributed by atoms with E-state index in [1.807, 2.05) is 24.3 Å². The van der Waals surface area contributed by atoms with Gasteiger partial charge in [0.1, 0.15) is 11.5 Å². The third-order valence-corrected chi connectivity index (χ3v) is 6.02. The molecule has 150 valence electrons. The van der Waals surface area contributed by atoms with E-state index < -0.39 is 4.92 Å². The summed E-state index contributed by atoms with van der Waals surface area (Å²) >= 11 is 1.35. The average Bonchev–Trinajstić information content (AvgIpc) is 3.17. The van der Waals surface area contributed by atoms with Crippen molar-refractivity contribution in [3.63, 3.8) is 0 Å². The lowest BCUT2D eigenvalue weighted by atomic mass is 9.96. The Morgan fingerprint density at radius 3 is 2.43 bits per heavy atom. The molecule has 0 N–H and O–H groups in total. The highest BCUT2D eigenvalue weighted by atomic mass is 32.1. The molecule has 7 heteroatoms. The van der Waals surface area contributed by atoms with Gasteiger partial charge in [0.15, 0.2) is 5.78 Å². The van der Waals surface area contributed by atoms with Gasteiger partial charge in [-0.3, -0.25) is 14.9 Å². The molecule has 1 aromatic heterocycles. The predicted octanol–water partition coefficient (Wildman–Crippen LogP) is 5.72. The second kappa shape index (κ2) is 7.96. The van der Waals surface area contributed by atoms with Crippen LogP contribution in [0.3, 0.4) is 0 Å². The number of ether oxygens (including phenoxy) is 2. The third kappa shape index (κ3) is 3.29. The number of rotatable bonds is 6. The number of hydrogen-bond donors (Lipinski definition) is 0. The maximum atomic E-state index is 13.6. The highest BCUT2D eigenvalue weighted by molar-refractivity contribution is 7.22. The SMILES string of the molecule is COc1ccc(-c2sc3ccccc3c2C(=O)c2ccccc2OC)c([N+](=O)[O-])c1. The van der Waals surface area contributed by atoms with E-state index in [1.54, 1.807) is 36.4 Å². The van der Waals surface area contributed by atoms with Crippen LogP contribution in [0.5, 0.6) is 11.5 Å². The molecule has 30 heavy (non-hydrogen) atoms. The molecule has 0 fully saturated rings. The number of hydrogen-bond acceptors (Lipinski definition) is 6. The van der Waals surface area contributed by atoms with E-state index in [9.17, 15) is 14.9 Å². The van der Waals surface area contributed by atoms with E-state index in [1.165, 1.54) is 31.6 Å². The highest BCUT2D eigenvalue weighted by Crippen LogP contribution is 2.44. The molecule has 0 amide bonds. The molecule has 3 aromatic carbocycles. The largest absolute Gasteiger partial charge is 0.497 e. The first-order chi connectivity index (χ1) is 14.5. The van der Waals surface area contributed by atoms with Gasteiger partial charge in [-0.05, 0) is 30.3 Å². The van der Waals surface area contributed by atoms with Gasteiger partial charge in [-0.2, -0.15) is 0 Å². The number of nitrogens with zero attached hydrogens (tertiary/aromatic N) is 1. The minimum absolute atomic E-state index is 0.116. The fraction of sp³-hybridized carbons (Fsp3) is 0.0870. The summed E-state index contributed by atoms with van der Waals surface area (Å²) in [6, 6.07) is 19.1. The zero-order valence-corrected chi connectivity index (χ0v) is 17.1. The van der Waals surface area contributed by atoms with Crippen LogP contribution in [-0.4, -0.2) is 24.9 Å². The molecule has 0 aliphatic heterocycles. The maximum Gasteiger partial charge on any atom is 0.281 e. The molecule has 0 aliphatic carbocycles. The van der Waals surface area contributed by atoms with Crippen LogP contribution in [0.1, 0.15) is 15.9 Å². The molecule has 0 unspecified atom stereocenters. The normalized spacial score (nSPS) is 10.7. The molecule has 0 atom stereocenters. The van der Waals surface area contributed by atoms with Crippen molar-refractivity contribution in [1.29, 1.82) is 0 Å². The molecule has 0 bridgehead atoms. The van der Waals surface area contributed by atoms with Gasteiger partial charge in [0.2, 0.25) is 0 Å². The van der Waals surface area contributed by atoms with Crippen LogP contribution < -0.4 is 9.47 Å². The number of nitro groups is 1. The van der Waals surface area contributed by atoms with Gasteiger partial charge in [0.05, 0.1) is 41.2 Å². The fourth-order valence-corrected chi connectivity index (χ4v) is 4.64. The molecule has 4 rings (SSSR count). The second-order valence-electron chi connectivity index (χ2n) is 6.47. The summed E-state index contributed by atoms with van der Waals surface area (Å²) in [5.74, 6) is 0.585. The number of nitro benzene ring substituents is 1. The highest BCUT2D eigenvalue weighted by Gasteiger charge is 2.27. The minimum Gasteiger partial charge on any atom is -0.497 e. The van der Waals surface area contributed by atoms with E-state index >= 15 is 0 Å². The van der Waals surface area contributed by atoms with E-state index in [2.05, 4.69) is 0 Å². The Labute approximate surface area is 176 Å². The molecule has 0 aliphatic rings. The maximum absolute atomic E-state index is 13.6. The number of carbonyl (C=O) groups excluding carboxylic acids is 1. The first-order valence-corrected chi connectivity index (χ1v) is 9.89. The molecule has 1 heterocycles. The summed E-state index contributed by atoms with van der Waals surface area (Å²) in [6.45, 7) is 0.